The van der Waals surface area contributed by atoms with Gasteiger partial charge in [0.05, 0.1) is 21.3 Å². The van der Waals surface area contributed by atoms with Crippen molar-refractivity contribution in [1.29, 1.82) is 0 Å². The number of amides is 1. The van der Waals surface area contributed by atoms with Crippen LogP contribution < -0.4 is 5.73 Å². The van der Waals surface area contributed by atoms with Crippen molar-refractivity contribution in [1.82, 2.24) is 9.97 Å². The van der Waals surface area contributed by atoms with Gasteiger partial charge in [-0.2, -0.15) is 0 Å². The Morgan fingerprint density at radius 3 is 2.62 bits per heavy atom. The highest BCUT2D eigenvalue weighted by molar-refractivity contribution is 14.1. The van der Waals surface area contributed by atoms with E-state index in [1.165, 1.54) is 0 Å². The zero-order valence-corrected chi connectivity index (χ0v) is 15.2. The lowest BCUT2D eigenvalue weighted by molar-refractivity contribution is 0.1000. The van der Waals surface area contributed by atoms with E-state index in [1.807, 2.05) is 0 Å². The number of aromatic nitrogens is 2. The van der Waals surface area contributed by atoms with Gasteiger partial charge in [-0.05, 0) is 41.1 Å². The van der Waals surface area contributed by atoms with E-state index in [9.17, 15) is 4.79 Å². The molecule has 0 atom stereocenters. The number of nitrogens with zero attached hydrogens (tertiary/aromatic N) is 2. The third-order valence-corrected chi connectivity index (χ3v) is 4.48. The number of rotatable bonds is 3. The minimum absolute atomic E-state index is 0.00424. The van der Waals surface area contributed by atoms with Crippen molar-refractivity contribution in [3.63, 3.8) is 0 Å². The van der Waals surface area contributed by atoms with E-state index >= 15 is 0 Å². The molecule has 2 rings (SSSR count). The molecule has 4 nitrogen and oxygen atoms in total. The van der Waals surface area contributed by atoms with Crippen molar-refractivity contribution in [2.24, 2.45) is 5.73 Å². The lowest BCUT2D eigenvalue weighted by Crippen LogP contribution is -2.15. The van der Waals surface area contributed by atoms with Crippen molar-refractivity contribution in [3.05, 3.63) is 53.5 Å². The van der Waals surface area contributed by atoms with Crippen LogP contribution in [0.5, 0.6) is 0 Å². The number of hydrogen-bond donors (Lipinski definition) is 1. The Labute approximate surface area is 150 Å². The summed E-state index contributed by atoms with van der Waals surface area (Å²) in [4.78, 5) is 19.8. The van der Waals surface area contributed by atoms with Crippen molar-refractivity contribution in [2.45, 2.75) is 13.3 Å². The Hall–Kier alpha value is -0.630. The Balaban J connectivity index is 2.54. The molecule has 0 fully saturated rings. The average molecular weight is 456 g/mol. The molecule has 2 aromatic heterocycles. The van der Waals surface area contributed by atoms with Crippen LogP contribution >= 0.6 is 57.4 Å². The molecule has 0 saturated carbocycles. The molecule has 1 amide bonds. The first-order valence-corrected chi connectivity index (χ1v) is 7.96. The topological polar surface area (TPSA) is 68.9 Å². The molecule has 0 spiro atoms. The fraction of sp³-hybridized carbons (Fsp3) is 0.154. The SMILES string of the molecule is Cc1nc(Cl)c(C(N)=O)c(Cl)c1Cc1ncc(I)cc1Cl. The fourth-order valence-electron chi connectivity index (χ4n) is 1.83. The van der Waals surface area contributed by atoms with Gasteiger partial charge in [0, 0.05) is 21.9 Å². The van der Waals surface area contributed by atoms with Crippen LogP contribution in [-0.2, 0) is 6.42 Å². The van der Waals surface area contributed by atoms with Crippen LogP contribution in [0, 0.1) is 10.5 Å². The first-order chi connectivity index (χ1) is 9.81. The van der Waals surface area contributed by atoms with Gasteiger partial charge in [0.1, 0.15) is 5.15 Å². The van der Waals surface area contributed by atoms with Gasteiger partial charge in [0.2, 0.25) is 0 Å². The maximum absolute atomic E-state index is 11.4. The minimum Gasteiger partial charge on any atom is -0.365 e. The van der Waals surface area contributed by atoms with Crippen molar-refractivity contribution in [2.75, 3.05) is 0 Å². The highest BCUT2D eigenvalue weighted by Gasteiger charge is 2.20. The second-order valence-corrected chi connectivity index (χ2v) is 6.67. The summed E-state index contributed by atoms with van der Waals surface area (Å²) in [5.74, 6) is -0.722. The highest BCUT2D eigenvalue weighted by atomic mass is 127. The van der Waals surface area contributed by atoms with E-state index in [0.717, 1.165) is 3.57 Å². The molecular formula is C13H9Cl3IN3O. The highest BCUT2D eigenvalue weighted by Crippen LogP contribution is 2.31. The number of hydrogen-bond acceptors (Lipinski definition) is 3. The molecule has 2 aromatic rings. The van der Waals surface area contributed by atoms with Gasteiger partial charge < -0.3 is 5.73 Å². The van der Waals surface area contributed by atoms with Crippen LogP contribution in [0.3, 0.4) is 0 Å². The molecule has 0 aliphatic rings. The Kier molecular flexibility index (Phi) is 5.29. The van der Waals surface area contributed by atoms with Crippen LogP contribution in [0.25, 0.3) is 0 Å². The molecular weight excluding hydrogens is 447 g/mol. The number of pyridine rings is 2. The normalized spacial score (nSPS) is 10.7. The molecule has 8 heteroatoms. The second-order valence-electron chi connectivity index (χ2n) is 4.28. The van der Waals surface area contributed by atoms with Gasteiger partial charge in [-0.3, -0.25) is 9.78 Å². The molecule has 0 bridgehead atoms. The Bertz CT molecular complexity index is 737. The van der Waals surface area contributed by atoms with Gasteiger partial charge >= 0.3 is 0 Å². The molecule has 0 aliphatic heterocycles. The lowest BCUT2D eigenvalue weighted by atomic mass is 10.0. The number of halogens is 4. The van der Waals surface area contributed by atoms with Crippen LogP contribution in [0.2, 0.25) is 15.2 Å². The number of carbonyl (C=O) groups excluding carboxylic acids is 1. The van der Waals surface area contributed by atoms with Gasteiger partial charge in [-0.15, -0.1) is 0 Å². The van der Waals surface area contributed by atoms with E-state index in [1.54, 1.807) is 19.2 Å². The number of carbonyl (C=O) groups is 1. The molecule has 0 radical (unpaired) electrons. The summed E-state index contributed by atoms with van der Waals surface area (Å²) in [6, 6.07) is 1.80. The summed E-state index contributed by atoms with van der Waals surface area (Å²) in [6.07, 6.45) is 2.04. The summed E-state index contributed by atoms with van der Waals surface area (Å²) in [6.45, 7) is 1.75. The van der Waals surface area contributed by atoms with E-state index < -0.39 is 5.91 Å². The van der Waals surface area contributed by atoms with Gasteiger partial charge in [-0.25, -0.2) is 4.98 Å². The first kappa shape index (κ1) is 16.7. The summed E-state index contributed by atoms with van der Waals surface area (Å²) >= 11 is 20.5. The van der Waals surface area contributed by atoms with Gasteiger partial charge in [0.25, 0.3) is 5.91 Å². The monoisotopic (exact) mass is 455 g/mol. The molecule has 21 heavy (non-hydrogen) atoms. The van der Waals surface area contributed by atoms with Gasteiger partial charge in [-0.1, -0.05) is 34.8 Å². The van der Waals surface area contributed by atoms with Crippen molar-refractivity contribution < 1.29 is 4.79 Å². The number of aryl methyl sites for hydroxylation is 1. The van der Waals surface area contributed by atoms with Gasteiger partial charge in [0.15, 0.2) is 0 Å². The number of nitrogens with two attached hydrogens (primary N) is 1. The summed E-state index contributed by atoms with van der Waals surface area (Å²) in [5.41, 5.74) is 7.18. The summed E-state index contributed by atoms with van der Waals surface area (Å²) in [7, 11) is 0. The molecule has 0 unspecified atom stereocenters. The van der Waals surface area contributed by atoms with Crippen LogP contribution in [0.4, 0.5) is 0 Å². The van der Waals surface area contributed by atoms with Crippen LogP contribution in [-0.4, -0.2) is 15.9 Å². The molecule has 110 valence electrons. The largest absolute Gasteiger partial charge is 0.365 e. The standard InChI is InChI=1S/C13H9Cl3IN3O/c1-5-7(3-9-8(14)2-6(17)4-19-9)11(15)10(13(18)21)12(16)20-5/h2,4H,3H2,1H3,(H2,18,21). The zero-order chi connectivity index (χ0) is 15.7. The summed E-state index contributed by atoms with van der Waals surface area (Å²) < 4.78 is 0.927. The Morgan fingerprint density at radius 1 is 1.38 bits per heavy atom. The predicted octanol–water partition coefficient (Wildman–Crippen LogP) is 4.04. The van der Waals surface area contributed by atoms with Crippen molar-refractivity contribution >= 4 is 63.3 Å². The molecule has 0 aliphatic carbocycles. The van der Waals surface area contributed by atoms with E-state index in [-0.39, 0.29) is 15.7 Å². The Morgan fingerprint density at radius 2 is 2.05 bits per heavy atom. The second kappa shape index (κ2) is 6.64. The van der Waals surface area contributed by atoms with Crippen LogP contribution in [0.1, 0.15) is 27.3 Å². The zero-order valence-electron chi connectivity index (χ0n) is 10.8. The van der Waals surface area contributed by atoms with Crippen molar-refractivity contribution in [3.8, 4) is 0 Å². The molecule has 2 N–H and O–H groups in total. The maximum Gasteiger partial charge on any atom is 0.253 e. The lowest BCUT2D eigenvalue weighted by Gasteiger charge is -2.12. The van der Waals surface area contributed by atoms with E-state index in [2.05, 4.69) is 32.6 Å². The molecule has 0 saturated heterocycles. The van der Waals surface area contributed by atoms with E-state index in [0.29, 0.717) is 28.4 Å². The predicted molar refractivity (Wildman–Crippen MR) is 92.3 cm³/mol. The quantitative estimate of drug-likeness (QED) is 0.560. The maximum atomic E-state index is 11.4. The third-order valence-electron chi connectivity index (χ3n) is 2.87. The first-order valence-electron chi connectivity index (χ1n) is 5.75. The van der Waals surface area contributed by atoms with E-state index in [4.69, 9.17) is 40.5 Å². The summed E-state index contributed by atoms with van der Waals surface area (Å²) in [5, 5.41) is 0.708. The minimum atomic E-state index is -0.722. The smallest absolute Gasteiger partial charge is 0.253 e. The molecule has 2 heterocycles. The molecule has 0 aromatic carbocycles. The fourth-order valence-corrected chi connectivity index (χ4v) is 3.44. The van der Waals surface area contributed by atoms with Crippen LogP contribution in [0.15, 0.2) is 12.3 Å². The third kappa shape index (κ3) is 3.59. The number of primary amides is 1. The average Bonchev–Trinajstić information content (AvgIpc) is 2.35.